The number of nitrogens with one attached hydrogen (secondary N) is 1. The number of carboxylic acid groups (broad SMARTS) is 1. The number of amides is 1. The number of aromatic nitrogens is 2. The molecule has 0 fully saturated rings. The number of nitrogens with zero attached hydrogens (tertiary/aromatic N) is 2. The van der Waals surface area contributed by atoms with Crippen LogP contribution in [0.1, 0.15) is 35.9 Å². The lowest BCUT2D eigenvalue weighted by molar-refractivity contribution is -0.116. The minimum Gasteiger partial charge on any atom is -0.478 e. The largest absolute Gasteiger partial charge is 0.478 e. The Balaban J connectivity index is 2.05. The highest BCUT2D eigenvalue weighted by atomic mass is 35.5. The molecule has 0 bridgehead atoms. The van der Waals surface area contributed by atoms with Crippen LogP contribution in [0.3, 0.4) is 0 Å². The van der Waals surface area contributed by atoms with Crippen LogP contribution >= 0.6 is 22.9 Å². The van der Waals surface area contributed by atoms with E-state index in [1.165, 1.54) is 9.95 Å². The number of halogens is 1. The standard InChI is InChI=1S/C18H16ClN3O4S/c1-9(2)15-21-16-14(10(8-27-16)18(25)26)17(24)22(15)7-13(23)20-12-6-4-3-5-11(12)19/h3-6,8-9H,7H2,1-2H3,(H,20,23)(H,25,26). The molecule has 9 heteroatoms. The van der Waals surface area contributed by atoms with E-state index in [1.54, 1.807) is 24.3 Å². The second kappa shape index (κ2) is 7.50. The number of thiophene rings is 1. The van der Waals surface area contributed by atoms with Gasteiger partial charge in [-0.1, -0.05) is 37.6 Å². The van der Waals surface area contributed by atoms with Gasteiger partial charge in [0, 0.05) is 11.3 Å². The van der Waals surface area contributed by atoms with E-state index in [0.717, 1.165) is 11.3 Å². The van der Waals surface area contributed by atoms with Crippen LogP contribution < -0.4 is 10.9 Å². The van der Waals surface area contributed by atoms with Crippen LogP contribution in [0.2, 0.25) is 5.02 Å². The van der Waals surface area contributed by atoms with Crippen molar-refractivity contribution in [3.63, 3.8) is 0 Å². The molecule has 0 aliphatic carbocycles. The van der Waals surface area contributed by atoms with Crippen molar-refractivity contribution >= 4 is 50.7 Å². The summed E-state index contributed by atoms with van der Waals surface area (Å²) in [6, 6.07) is 6.75. The van der Waals surface area contributed by atoms with Crippen LogP contribution in [-0.4, -0.2) is 26.5 Å². The van der Waals surface area contributed by atoms with Gasteiger partial charge in [0.1, 0.15) is 17.2 Å². The smallest absolute Gasteiger partial charge is 0.337 e. The average Bonchev–Trinajstić information content (AvgIpc) is 3.03. The molecule has 2 N–H and O–H groups in total. The first-order valence-corrected chi connectivity index (χ1v) is 9.35. The van der Waals surface area contributed by atoms with Crippen LogP contribution in [0.4, 0.5) is 5.69 Å². The first-order valence-electron chi connectivity index (χ1n) is 8.09. The number of benzene rings is 1. The fourth-order valence-corrected chi connectivity index (χ4v) is 3.78. The fourth-order valence-electron chi connectivity index (χ4n) is 2.69. The minimum atomic E-state index is -1.20. The van der Waals surface area contributed by atoms with Gasteiger partial charge in [-0.05, 0) is 12.1 Å². The minimum absolute atomic E-state index is 0.0162. The van der Waals surface area contributed by atoms with Gasteiger partial charge in [0.15, 0.2) is 0 Å². The molecule has 3 rings (SSSR count). The SMILES string of the molecule is CC(C)c1nc2scc(C(=O)O)c2c(=O)n1CC(=O)Nc1ccccc1Cl. The molecule has 3 aromatic rings. The molecular weight excluding hydrogens is 390 g/mol. The summed E-state index contributed by atoms with van der Waals surface area (Å²) in [6.07, 6.45) is 0. The number of aromatic carboxylic acids is 1. The number of carbonyl (C=O) groups is 2. The molecule has 0 spiro atoms. The summed E-state index contributed by atoms with van der Waals surface area (Å²) in [5.41, 5.74) is -0.223. The Morgan fingerprint density at radius 2 is 2.04 bits per heavy atom. The van der Waals surface area contributed by atoms with Gasteiger partial charge in [-0.3, -0.25) is 14.2 Å². The van der Waals surface area contributed by atoms with Crippen LogP contribution in [0.25, 0.3) is 10.2 Å². The van der Waals surface area contributed by atoms with Crippen LogP contribution in [-0.2, 0) is 11.3 Å². The molecule has 0 radical (unpaired) electrons. The van der Waals surface area contributed by atoms with E-state index in [1.807, 2.05) is 13.8 Å². The lowest BCUT2D eigenvalue weighted by atomic mass is 10.2. The Hall–Kier alpha value is -2.71. The number of anilines is 1. The summed E-state index contributed by atoms with van der Waals surface area (Å²) in [6.45, 7) is 3.40. The molecule has 0 unspecified atom stereocenters. The predicted molar refractivity (Wildman–Crippen MR) is 105 cm³/mol. The lowest BCUT2D eigenvalue weighted by Gasteiger charge is -2.15. The number of rotatable bonds is 5. The molecule has 2 heterocycles. The molecule has 140 valence electrons. The topological polar surface area (TPSA) is 101 Å². The van der Waals surface area contributed by atoms with E-state index in [2.05, 4.69) is 10.3 Å². The first kappa shape index (κ1) is 19.1. The van der Waals surface area contributed by atoms with Crippen LogP contribution in [0, 0.1) is 0 Å². The zero-order valence-electron chi connectivity index (χ0n) is 14.5. The van der Waals surface area contributed by atoms with Crippen molar-refractivity contribution in [1.82, 2.24) is 9.55 Å². The maximum atomic E-state index is 13.0. The summed E-state index contributed by atoms with van der Waals surface area (Å²) in [7, 11) is 0. The molecule has 0 saturated heterocycles. The van der Waals surface area contributed by atoms with Gasteiger partial charge in [0.2, 0.25) is 5.91 Å². The summed E-state index contributed by atoms with van der Waals surface area (Å²) < 4.78 is 1.22. The molecular formula is C18H16ClN3O4S. The molecule has 27 heavy (non-hydrogen) atoms. The summed E-state index contributed by atoms with van der Waals surface area (Å²) in [5.74, 6) is -1.38. The van der Waals surface area contributed by atoms with Crippen molar-refractivity contribution < 1.29 is 14.7 Å². The molecule has 0 atom stereocenters. The second-order valence-corrected chi connectivity index (χ2v) is 7.44. The Kier molecular flexibility index (Phi) is 5.29. The van der Waals surface area contributed by atoms with Crippen molar-refractivity contribution in [2.75, 3.05) is 5.32 Å². The third-order valence-corrected chi connectivity index (χ3v) is 5.12. The van der Waals surface area contributed by atoms with Crippen molar-refractivity contribution in [2.24, 2.45) is 0 Å². The van der Waals surface area contributed by atoms with Crippen LogP contribution in [0.5, 0.6) is 0 Å². The van der Waals surface area contributed by atoms with Gasteiger partial charge in [0.25, 0.3) is 5.56 Å². The highest BCUT2D eigenvalue weighted by Gasteiger charge is 2.22. The van der Waals surface area contributed by atoms with Crippen molar-refractivity contribution in [3.8, 4) is 0 Å². The highest BCUT2D eigenvalue weighted by molar-refractivity contribution is 7.17. The molecule has 0 saturated carbocycles. The monoisotopic (exact) mass is 405 g/mol. The third-order valence-electron chi connectivity index (χ3n) is 3.92. The number of fused-ring (bicyclic) bond motifs is 1. The van der Waals surface area contributed by atoms with E-state index in [-0.39, 0.29) is 23.4 Å². The van der Waals surface area contributed by atoms with Crippen LogP contribution in [0.15, 0.2) is 34.4 Å². The highest BCUT2D eigenvalue weighted by Crippen LogP contribution is 2.24. The Bertz CT molecular complexity index is 1100. The van der Waals surface area contributed by atoms with E-state index < -0.39 is 17.4 Å². The van der Waals surface area contributed by atoms with Crippen molar-refractivity contribution in [1.29, 1.82) is 0 Å². The quantitative estimate of drug-likeness (QED) is 0.675. The summed E-state index contributed by atoms with van der Waals surface area (Å²) in [5, 5.41) is 13.8. The first-order chi connectivity index (χ1) is 12.8. The molecule has 7 nitrogen and oxygen atoms in total. The van der Waals surface area contributed by atoms with E-state index in [0.29, 0.717) is 21.4 Å². The predicted octanol–water partition coefficient (Wildman–Crippen LogP) is 3.57. The third kappa shape index (κ3) is 3.72. The molecule has 1 aromatic carbocycles. The van der Waals surface area contributed by atoms with Gasteiger partial charge >= 0.3 is 5.97 Å². The normalized spacial score (nSPS) is 11.1. The lowest BCUT2D eigenvalue weighted by Crippen LogP contribution is -2.32. The van der Waals surface area contributed by atoms with E-state index in [4.69, 9.17) is 11.6 Å². The average molecular weight is 406 g/mol. The second-order valence-electron chi connectivity index (χ2n) is 6.18. The maximum Gasteiger partial charge on any atom is 0.337 e. The Morgan fingerprint density at radius 3 is 2.67 bits per heavy atom. The van der Waals surface area contributed by atoms with Crippen molar-refractivity contribution in [3.05, 3.63) is 56.4 Å². The fraction of sp³-hybridized carbons (Fsp3) is 0.222. The maximum absolute atomic E-state index is 13.0. The number of hydrogen-bond donors (Lipinski definition) is 2. The van der Waals surface area contributed by atoms with Gasteiger partial charge < -0.3 is 10.4 Å². The van der Waals surface area contributed by atoms with Crippen molar-refractivity contribution in [2.45, 2.75) is 26.3 Å². The molecule has 1 amide bonds. The molecule has 2 aromatic heterocycles. The number of carboxylic acids is 1. The van der Waals surface area contributed by atoms with E-state index >= 15 is 0 Å². The molecule has 0 aliphatic heterocycles. The van der Waals surface area contributed by atoms with Gasteiger partial charge in [-0.15, -0.1) is 11.3 Å². The van der Waals surface area contributed by atoms with Gasteiger partial charge in [-0.2, -0.15) is 0 Å². The van der Waals surface area contributed by atoms with Gasteiger partial charge in [0.05, 0.1) is 21.7 Å². The molecule has 0 aliphatic rings. The van der Waals surface area contributed by atoms with Gasteiger partial charge in [-0.25, -0.2) is 9.78 Å². The Labute approximate surface area is 163 Å². The summed E-state index contributed by atoms with van der Waals surface area (Å²) in [4.78, 5) is 41.6. The number of para-hydroxylation sites is 1. The number of carbonyl (C=O) groups excluding carboxylic acids is 1. The zero-order chi connectivity index (χ0) is 19.7. The summed E-state index contributed by atoms with van der Waals surface area (Å²) >= 11 is 7.14. The van der Waals surface area contributed by atoms with E-state index in [9.17, 15) is 19.5 Å². The number of hydrogen-bond acceptors (Lipinski definition) is 5. The Morgan fingerprint density at radius 1 is 1.33 bits per heavy atom. The zero-order valence-corrected chi connectivity index (χ0v) is 16.1.